The number of anilines is 2. The van der Waals surface area contributed by atoms with Gasteiger partial charge in [-0.15, -0.1) is 0 Å². The van der Waals surface area contributed by atoms with Gasteiger partial charge in [-0.25, -0.2) is 4.90 Å². The average molecular weight is 408 g/mol. The van der Waals surface area contributed by atoms with E-state index in [1.54, 1.807) is 42.5 Å². The molecule has 0 radical (unpaired) electrons. The second-order valence-electron chi connectivity index (χ2n) is 8.16. The third-order valence-corrected chi connectivity index (χ3v) is 7.20. The normalized spacial score (nSPS) is 32.7. The summed E-state index contributed by atoms with van der Waals surface area (Å²) in [5, 5.41) is 3.46. The average Bonchev–Trinajstić information content (AvgIpc) is 3.41. The van der Waals surface area contributed by atoms with Crippen molar-refractivity contribution in [3.8, 4) is 0 Å². The lowest BCUT2D eigenvalue weighted by Gasteiger charge is -2.36. The lowest BCUT2D eigenvalue weighted by Crippen LogP contribution is -2.54. The fourth-order valence-corrected chi connectivity index (χ4v) is 6.18. The number of hydrogen-bond donors (Lipinski definition) is 1. The lowest BCUT2D eigenvalue weighted by atomic mass is 9.75. The molecule has 2 aromatic carbocycles. The van der Waals surface area contributed by atoms with Crippen molar-refractivity contribution in [1.29, 1.82) is 0 Å². The number of fused-ring (bicyclic) bond motifs is 7. The predicted molar refractivity (Wildman–Crippen MR) is 107 cm³/mol. The third kappa shape index (κ3) is 1.93. The number of amides is 3. The molecule has 1 N–H and O–H groups in total. The molecule has 3 saturated heterocycles. The first-order valence-corrected chi connectivity index (χ1v) is 10.2. The highest BCUT2D eigenvalue weighted by Gasteiger charge is 2.74. The van der Waals surface area contributed by atoms with Crippen molar-refractivity contribution >= 4 is 40.7 Å². The molecule has 4 aliphatic heterocycles. The SMILES string of the molecule is O=C1[C@H]2[C@@H](C(=O)N1c1ccccc1)[C@]1(C(=O)Nc3ccc(Cl)cc31)N1CCC[C@@H]21. The van der Waals surface area contributed by atoms with Crippen molar-refractivity contribution in [2.75, 3.05) is 16.8 Å². The van der Waals surface area contributed by atoms with Crippen LogP contribution in [-0.2, 0) is 19.9 Å². The number of rotatable bonds is 1. The molecule has 0 saturated carbocycles. The van der Waals surface area contributed by atoms with E-state index >= 15 is 0 Å². The lowest BCUT2D eigenvalue weighted by molar-refractivity contribution is -0.135. The Morgan fingerprint density at radius 1 is 1.03 bits per heavy atom. The minimum atomic E-state index is -1.18. The Morgan fingerprint density at radius 2 is 1.83 bits per heavy atom. The molecule has 0 aromatic heterocycles. The molecule has 0 bridgehead atoms. The van der Waals surface area contributed by atoms with Gasteiger partial charge < -0.3 is 5.32 Å². The number of carbonyl (C=O) groups is 3. The van der Waals surface area contributed by atoms with Crippen LogP contribution in [0.5, 0.6) is 0 Å². The van der Waals surface area contributed by atoms with Crippen LogP contribution >= 0.6 is 11.6 Å². The molecule has 0 aliphatic carbocycles. The Kier molecular flexibility index (Phi) is 3.36. The number of benzene rings is 2. The minimum absolute atomic E-state index is 0.124. The third-order valence-electron chi connectivity index (χ3n) is 6.97. The molecule has 6 rings (SSSR count). The zero-order valence-electron chi connectivity index (χ0n) is 15.5. The maximum atomic E-state index is 13.7. The first kappa shape index (κ1) is 17.2. The smallest absolute Gasteiger partial charge is 0.250 e. The Bertz CT molecular complexity index is 1090. The van der Waals surface area contributed by atoms with E-state index in [4.69, 9.17) is 11.6 Å². The predicted octanol–water partition coefficient (Wildman–Crippen LogP) is 2.77. The topological polar surface area (TPSA) is 69.7 Å². The second kappa shape index (κ2) is 5.68. The van der Waals surface area contributed by atoms with Crippen LogP contribution in [0.1, 0.15) is 18.4 Å². The molecule has 1 spiro atoms. The van der Waals surface area contributed by atoms with Gasteiger partial charge >= 0.3 is 0 Å². The number of nitrogens with one attached hydrogen (secondary N) is 1. The van der Waals surface area contributed by atoms with E-state index in [2.05, 4.69) is 10.2 Å². The van der Waals surface area contributed by atoms with Gasteiger partial charge in [-0.3, -0.25) is 19.3 Å². The van der Waals surface area contributed by atoms with Gasteiger partial charge in [0.2, 0.25) is 17.7 Å². The molecule has 0 unspecified atom stereocenters. The molecule has 29 heavy (non-hydrogen) atoms. The number of imide groups is 1. The van der Waals surface area contributed by atoms with Crippen molar-refractivity contribution < 1.29 is 14.4 Å². The molecule has 4 heterocycles. The van der Waals surface area contributed by atoms with Crippen LogP contribution in [0.25, 0.3) is 0 Å². The van der Waals surface area contributed by atoms with Crippen LogP contribution in [0.3, 0.4) is 0 Å². The number of para-hydroxylation sites is 1. The Morgan fingerprint density at radius 3 is 2.62 bits per heavy atom. The van der Waals surface area contributed by atoms with E-state index in [0.717, 1.165) is 12.8 Å². The van der Waals surface area contributed by atoms with E-state index in [1.165, 1.54) is 4.90 Å². The molecule has 3 fully saturated rings. The van der Waals surface area contributed by atoms with Gasteiger partial charge in [-0.2, -0.15) is 0 Å². The number of hydrogen-bond acceptors (Lipinski definition) is 4. The van der Waals surface area contributed by atoms with Crippen LogP contribution in [0, 0.1) is 11.8 Å². The summed E-state index contributed by atoms with van der Waals surface area (Å²) in [7, 11) is 0. The monoisotopic (exact) mass is 407 g/mol. The van der Waals surface area contributed by atoms with E-state index in [9.17, 15) is 14.4 Å². The molecular formula is C22H18ClN3O3. The highest BCUT2D eigenvalue weighted by atomic mass is 35.5. The van der Waals surface area contributed by atoms with Gasteiger partial charge in [0, 0.05) is 22.3 Å². The fraction of sp³-hybridized carbons (Fsp3) is 0.318. The van der Waals surface area contributed by atoms with Gasteiger partial charge in [0.15, 0.2) is 0 Å². The largest absolute Gasteiger partial charge is 0.324 e. The molecule has 4 aliphatic rings. The van der Waals surface area contributed by atoms with Gasteiger partial charge in [-0.05, 0) is 49.7 Å². The number of carbonyl (C=O) groups excluding carboxylic acids is 3. The van der Waals surface area contributed by atoms with E-state index in [0.29, 0.717) is 28.5 Å². The van der Waals surface area contributed by atoms with Crippen LogP contribution in [0.15, 0.2) is 48.5 Å². The van der Waals surface area contributed by atoms with Crippen molar-refractivity contribution in [2.45, 2.75) is 24.4 Å². The number of halogens is 1. The van der Waals surface area contributed by atoms with Crippen LogP contribution in [0.4, 0.5) is 11.4 Å². The van der Waals surface area contributed by atoms with E-state index in [1.807, 2.05) is 6.07 Å². The summed E-state index contributed by atoms with van der Waals surface area (Å²) in [6.45, 7) is 0.683. The first-order valence-electron chi connectivity index (χ1n) is 9.86. The summed E-state index contributed by atoms with van der Waals surface area (Å²) in [6.07, 6.45) is 1.69. The zero-order valence-corrected chi connectivity index (χ0v) is 16.2. The summed E-state index contributed by atoms with van der Waals surface area (Å²) < 4.78 is 0. The maximum absolute atomic E-state index is 13.7. The van der Waals surface area contributed by atoms with Crippen LogP contribution < -0.4 is 10.2 Å². The van der Waals surface area contributed by atoms with Crippen molar-refractivity contribution in [3.05, 3.63) is 59.1 Å². The zero-order chi connectivity index (χ0) is 19.9. The van der Waals surface area contributed by atoms with Gasteiger partial charge in [0.25, 0.3) is 0 Å². The fourth-order valence-electron chi connectivity index (χ4n) is 6.01. The summed E-state index contributed by atoms with van der Waals surface area (Å²) in [6, 6.07) is 14.1. The molecule has 4 atom stereocenters. The maximum Gasteiger partial charge on any atom is 0.250 e. The van der Waals surface area contributed by atoms with Crippen molar-refractivity contribution in [2.24, 2.45) is 11.8 Å². The molecular weight excluding hydrogens is 390 g/mol. The van der Waals surface area contributed by atoms with Crippen LogP contribution in [-0.4, -0.2) is 35.2 Å². The highest BCUT2D eigenvalue weighted by molar-refractivity contribution is 6.31. The van der Waals surface area contributed by atoms with Gasteiger partial charge in [0.1, 0.15) is 5.54 Å². The van der Waals surface area contributed by atoms with Gasteiger partial charge in [0.05, 0.1) is 17.5 Å². The first-order chi connectivity index (χ1) is 14.0. The van der Waals surface area contributed by atoms with Crippen molar-refractivity contribution in [3.63, 3.8) is 0 Å². The van der Waals surface area contributed by atoms with Gasteiger partial charge in [-0.1, -0.05) is 29.8 Å². The van der Waals surface area contributed by atoms with E-state index < -0.39 is 17.4 Å². The summed E-state index contributed by atoms with van der Waals surface area (Å²) in [5.41, 5.74) is 0.762. The van der Waals surface area contributed by atoms with E-state index in [-0.39, 0.29) is 23.8 Å². The van der Waals surface area contributed by atoms with Crippen molar-refractivity contribution in [1.82, 2.24) is 4.90 Å². The second-order valence-corrected chi connectivity index (χ2v) is 8.60. The Hall–Kier alpha value is -2.70. The summed E-state index contributed by atoms with van der Waals surface area (Å²) in [4.78, 5) is 44.0. The molecule has 6 nitrogen and oxygen atoms in total. The molecule has 2 aromatic rings. The molecule has 7 heteroatoms. The Labute approximate surface area is 172 Å². The summed E-state index contributed by atoms with van der Waals surface area (Å²) >= 11 is 6.29. The number of nitrogens with zero attached hydrogens (tertiary/aromatic N) is 2. The minimum Gasteiger partial charge on any atom is -0.324 e. The molecule has 3 amide bonds. The quantitative estimate of drug-likeness (QED) is 0.738. The van der Waals surface area contributed by atoms with Crippen LogP contribution in [0.2, 0.25) is 5.02 Å². The standard InChI is InChI=1S/C22H18ClN3O3/c23-12-8-9-15-14(11-12)22(21(29)24-15)18-17(16-7-4-10-25(16)22)19(27)26(20(18)28)13-5-2-1-3-6-13/h1-3,5-6,8-9,11,16-18H,4,7,10H2,(H,24,29)/t16-,17+,18-,22+/m0/s1. The highest BCUT2D eigenvalue weighted by Crippen LogP contribution is 2.60. The summed E-state index contributed by atoms with van der Waals surface area (Å²) in [5.74, 6) is -2.02. The molecule has 146 valence electrons. The Balaban J connectivity index is 1.58.